The normalized spacial score (nSPS) is 18.0. The van der Waals surface area contributed by atoms with Crippen LogP contribution in [0.2, 0.25) is 0 Å². The van der Waals surface area contributed by atoms with E-state index in [1.165, 1.54) is 0 Å². The Kier molecular flexibility index (Phi) is 9.34. The lowest BCUT2D eigenvalue weighted by Crippen LogP contribution is -2.37. The summed E-state index contributed by atoms with van der Waals surface area (Å²) >= 11 is 0. The topological polar surface area (TPSA) is 36.9 Å². The Labute approximate surface area is 212 Å². The molecule has 1 aliphatic heterocycles. The Morgan fingerprint density at radius 1 is 0.892 bits per heavy atom. The number of ether oxygens (including phenoxy) is 4. The Morgan fingerprint density at radius 2 is 1.62 bits per heavy atom. The molecular weight excluding hydrogens is 495 g/mol. The molecule has 0 amide bonds. The lowest BCUT2D eigenvalue weighted by atomic mass is 9.98. The van der Waals surface area contributed by atoms with Crippen molar-refractivity contribution in [2.45, 2.75) is 58.0 Å². The predicted octanol–water partition coefficient (Wildman–Crippen LogP) is 6.74. The van der Waals surface area contributed by atoms with Crippen LogP contribution in [-0.4, -0.2) is 38.8 Å². The SMILES string of the molecule is CCCOC1COC(CCc2ccc3c(F)c(CCc4cc(F)c(OC(F)F)c(F)c4)ccc3c2)OC1. The number of halogens is 5. The molecule has 0 aliphatic carbocycles. The van der Waals surface area contributed by atoms with Crippen molar-refractivity contribution >= 4 is 10.8 Å². The Morgan fingerprint density at radius 3 is 2.30 bits per heavy atom. The largest absolute Gasteiger partial charge is 0.429 e. The molecule has 0 spiro atoms. The van der Waals surface area contributed by atoms with Crippen LogP contribution < -0.4 is 4.74 Å². The van der Waals surface area contributed by atoms with Gasteiger partial charge in [0, 0.05) is 18.4 Å². The molecule has 0 bridgehead atoms. The summed E-state index contributed by atoms with van der Waals surface area (Å²) in [5.74, 6) is -3.98. The van der Waals surface area contributed by atoms with Crippen LogP contribution in [0.4, 0.5) is 22.0 Å². The van der Waals surface area contributed by atoms with Crippen LogP contribution >= 0.6 is 0 Å². The second-order valence-corrected chi connectivity index (χ2v) is 8.99. The molecule has 37 heavy (non-hydrogen) atoms. The average Bonchev–Trinajstić information content (AvgIpc) is 2.88. The standard InChI is InChI=1S/C28H29F5O4/c1-2-11-34-21-15-35-25(36-16-21)10-5-17-4-9-22-20(12-17)8-7-19(26(22)31)6-3-18-13-23(29)27(24(30)14-18)37-28(32)33/h4,7-9,12-14,21,25,28H,2-3,5-6,10-11,15-16H2,1H3. The number of hydrogen-bond acceptors (Lipinski definition) is 4. The third-order valence-electron chi connectivity index (χ3n) is 6.21. The van der Waals surface area contributed by atoms with E-state index in [2.05, 4.69) is 4.74 Å². The smallest absolute Gasteiger partial charge is 0.387 e. The highest BCUT2D eigenvalue weighted by atomic mass is 19.3. The van der Waals surface area contributed by atoms with Crippen molar-refractivity contribution in [2.24, 2.45) is 0 Å². The van der Waals surface area contributed by atoms with Crippen LogP contribution in [0.3, 0.4) is 0 Å². The van der Waals surface area contributed by atoms with E-state index < -0.39 is 29.8 Å². The fraction of sp³-hybridized carbons (Fsp3) is 0.429. The first-order valence-corrected chi connectivity index (χ1v) is 12.3. The van der Waals surface area contributed by atoms with Crippen molar-refractivity contribution in [3.63, 3.8) is 0 Å². The summed E-state index contributed by atoms with van der Waals surface area (Å²) < 4.78 is 88.7. The molecular formula is C28H29F5O4. The zero-order chi connectivity index (χ0) is 26.4. The van der Waals surface area contributed by atoms with Gasteiger partial charge in [-0.1, -0.05) is 37.3 Å². The Bertz CT molecular complexity index is 1170. The Balaban J connectivity index is 1.35. The molecule has 0 unspecified atom stereocenters. The van der Waals surface area contributed by atoms with Gasteiger partial charge in [0.2, 0.25) is 0 Å². The second kappa shape index (κ2) is 12.7. The molecule has 4 rings (SSSR count). The maximum absolute atomic E-state index is 15.2. The quantitative estimate of drug-likeness (QED) is 0.260. The second-order valence-electron chi connectivity index (χ2n) is 8.99. The molecule has 0 saturated carbocycles. The van der Waals surface area contributed by atoms with Crippen molar-refractivity contribution in [3.8, 4) is 5.75 Å². The molecule has 0 atom stereocenters. The summed E-state index contributed by atoms with van der Waals surface area (Å²) in [6, 6.07) is 10.8. The minimum absolute atomic E-state index is 0.0362. The monoisotopic (exact) mass is 524 g/mol. The first-order chi connectivity index (χ1) is 17.8. The summed E-state index contributed by atoms with van der Waals surface area (Å²) in [7, 11) is 0. The van der Waals surface area contributed by atoms with E-state index in [4.69, 9.17) is 14.2 Å². The van der Waals surface area contributed by atoms with Gasteiger partial charge in [-0.2, -0.15) is 8.78 Å². The maximum Gasteiger partial charge on any atom is 0.387 e. The van der Waals surface area contributed by atoms with Crippen molar-refractivity contribution in [1.29, 1.82) is 0 Å². The molecule has 200 valence electrons. The number of rotatable bonds is 11. The van der Waals surface area contributed by atoms with Gasteiger partial charge in [-0.05, 0) is 59.9 Å². The zero-order valence-corrected chi connectivity index (χ0v) is 20.5. The summed E-state index contributed by atoms with van der Waals surface area (Å²) in [6.07, 6.45) is 2.27. The molecule has 1 heterocycles. The van der Waals surface area contributed by atoms with Crippen molar-refractivity contribution in [2.75, 3.05) is 19.8 Å². The summed E-state index contributed by atoms with van der Waals surface area (Å²) in [5, 5.41) is 1.18. The summed E-state index contributed by atoms with van der Waals surface area (Å²) in [5.41, 5.74) is 1.62. The van der Waals surface area contributed by atoms with Gasteiger partial charge in [0.25, 0.3) is 0 Å². The fourth-order valence-corrected chi connectivity index (χ4v) is 4.33. The molecule has 0 N–H and O–H groups in total. The van der Waals surface area contributed by atoms with Crippen LogP contribution in [0, 0.1) is 17.5 Å². The highest BCUT2D eigenvalue weighted by molar-refractivity contribution is 5.84. The highest BCUT2D eigenvalue weighted by Crippen LogP contribution is 2.28. The van der Waals surface area contributed by atoms with Crippen LogP contribution in [-0.2, 0) is 33.5 Å². The van der Waals surface area contributed by atoms with E-state index in [-0.39, 0.29) is 30.8 Å². The first kappa shape index (κ1) is 27.3. The molecule has 1 aliphatic rings. The van der Waals surface area contributed by atoms with Gasteiger partial charge >= 0.3 is 6.61 Å². The van der Waals surface area contributed by atoms with Crippen LogP contribution in [0.1, 0.15) is 36.5 Å². The predicted molar refractivity (Wildman–Crippen MR) is 128 cm³/mol. The number of hydrogen-bond donors (Lipinski definition) is 0. The summed E-state index contributed by atoms with van der Waals surface area (Å²) in [4.78, 5) is 0. The minimum Gasteiger partial charge on any atom is -0.429 e. The van der Waals surface area contributed by atoms with Gasteiger partial charge in [-0.15, -0.1) is 0 Å². The summed E-state index contributed by atoms with van der Waals surface area (Å²) in [6.45, 7) is 0.397. The molecule has 1 saturated heterocycles. The minimum atomic E-state index is -3.34. The Hall–Kier alpha value is -2.75. The van der Waals surface area contributed by atoms with E-state index >= 15 is 4.39 Å². The number of fused-ring (bicyclic) bond motifs is 1. The van der Waals surface area contributed by atoms with Crippen molar-refractivity contribution in [3.05, 3.63) is 76.6 Å². The third kappa shape index (κ3) is 7.18. The number of benzene rings is 3. The molecule has 3 aromatic rings. The van der Waals surface area contributed by atoms with Gasteiger partial charge in [0.05, 0.1) is 13.2 Å². The molecule has 4 nitrogen and oxygen atoms in total. The molecule has 9 heteroatoms. The van der Waals surface area contributed by atoms with Crippen LogP contribution in [0.15, 0.2) is 42.5 Å². The zero-order valence-electron chi connectivity index (χ0n) is 20.5. The molecule has 3 aromatic carbocycles. The van der Waals surface area contributed by atoms with E-state index in [1.807, 2.05) is 19.1 Å². The van der Waals surface area contributed by atoms with Gasteiger partial charge in [0.1, 0.15) is 11.9 Å². The average molecular weight is 525 g/mol. The van der Waals surface area contributed by atoms with E-state index in [9.17, 15) is 17.6 Å². The van der Waals surface area contributed by atoms with Gasteiger partial charge < -0.3 is 18.9 Å². The highest BCUT2D eigenvalue weighted by Gasteiger charge is 2.22. The lowest BCUT2D eigenvalue weighted by Gasteiger charge is -2.29. The van der Waals surface area contributed by atoms with Crippen LogP contribution in [0.25, 0.3) is 10.8 Å². The van der Waals surface area contributed by atoms with Crippen molar-refractivity contribution in [1.82, 2.24) is 0 Å². The van der Waals surface area contributed by atoms with Crippen molar-refractivity contribution < 1.29 is 40.9 Å². The maximum atomic E-state index is 15.2. The number of alkyl halides is 2. The third-order valence-corrected chi connectivity index (χ3v) is 6.21. The van der Waals surface area contributed by atoms with Gasteiger partial charge in [-0.3, -0.25) is 0 Å². The first-order valence-electron chi connectivity index (χ1n) is 12.3. The van der Waals surface area contributed by atoms with Crippen LogP contribution in [0.5, 0.6) is 5.75 Å². The van der Waals surface area contributed by atoms with Gasteiger partial charge in [-0.25, -0.2) is 13.2 Å². The lowest BCUT2D eigenvalue weighted by molar-refractivity contribution is -0.227. The van der Waals surface area contributed by atoms with E-state index in [0.29, 0.717) is 43.6 Å². The van der Waals surface area contributed by atoms with E-state index in [1.54, 1.807) is 18.2 Å². The molecule has 1 fully saturated rings. The number of aryl methyl sites for hydroxylation is 3. The fourth-order valence-electron chi connectivity index (χ4n) is 4.33. The molecule has 0 radical (unpaired) electrons. The molecule has 0 aromatic heterocycles. The van der Waals surface area contributed by atoms with Gasteiger partial charge in [0.15, 0.2) is 23.7 Å². The van der Waals surface area contributed by atoms with E-state index in [0.717, 1.165) is 29.5 Å².